The predicted octanol–water partition coefficient (Wildman–Crippen LogP) is 2.98. The maximum absolute atomic E-state index is 12.1. The van der Waals surface area contributed by atoms with E-state index in [9.17, 15) is 13.2 Å². The fraction of sp³-hybridized carbons (Fsp3) is 0.300. The quantitative estimate of drug-likeness (QED) is 0.680. The molecule has 1 aromatic carbocycles. The molecule has 0 aliphatic rings. The molecule has 0 saturated carbocycles. The van der Waals surface area contributed by atoms with E-state index in [-0.39, 0.29) is 10.7 Å². The molecule has 0 unspecified atom stereocenters. The highest BCUT2D eigenvalue weighted by Gasteiger charge is 2.29. The molecule has 0 aliphatic heterocycles. The van der Waals surface area contributed by atoms with Crippen LogP contribution in [-0.4, -0.2) is 24.0 Å². The zero-order valence-corrected chi connectivity index (χ0v) is 10.5. The lowest BCUT2D eigenvalue weighted by atomic mass is 10.2. The molecule has 0 heterocycles. The lowest BCUT2D eigenvalue weighted by molar-refractivity contribution is -0.153. The van der Waals surface area contributed by atoms with Gasteiger partial charge in [0.2, 0.25) is 0 Å². The number of hydrogen-bond acceptors (Lipinski definition) is 3. The van der Waals surface area contributed by atoms with E-state index in [0.717, 1.165) is 0 Å². The zero-order valence-electron chi connectivity index (χ0n) is 8.88. The Morgan fingerprint density at radius 2 is 2.12 bits per heavy atom. The van der Waals surface area contributed by atoms with Gasteiger partial charge in [-0.25, -0.2) is 0 Å². The van der Waals surface area contributed by atoms with Gasteiger partial charge >= 0.3 is 6.18 Å². The normalized spacial score (nSPS) is 11.3. The van der Waals surface area contributed by atoms with Crippen molar-refractivity contribution in [1.82, 2.24) is 0 Å². The smallest absolute Gasteiger partial charge is 0.422 e. The van der Waals surface area contributed by atoms with Crippen molar-refractivity contribution in [2.75, 3.05) is 12.9 Å². The van der Waals surface area contributed by atoms with Crippen LogP contribution in [0.25, 0.3) is 0 Å². The third-order valence-electron chi connectivity index (χ3n) is 1.85. The van der Waals surface area contributed by atoms with Crippen LogP contribution in [0.3, 0.4) is 0 Å². The average Bonchev–Trinajstić information content (AvgIpc) is 2.24. The monoisotopic (exact) mass is 281 g/mol. The Bertz CT molecular complexity index is 421. The molecule has 0 bridgehead atoms. The molecule has 0 spiro atoms. The van der Waals surface area contributed by atoms with E-state index in [1.54, 1.807) is 18.4 Å². The first kappa shape index (κ1) is 14.1. The van der Waals surface area contributed by atoms with Gasteiger partial charge in [0.15, 0.2) is 6.61 Å². The lowest BCUT2D eigenvalue weighted by Crippen LogP contribution is -2.21. The van der Waals surface area contributed by atoms with Crippen molar-refractivity contribution in [3.05, 3.63) is 23.8 Å². The van der Waals surface area contributed by atoms with Crippen molar-refractivity contribution < 1.29 is 17.9 Å². The van der Waals surface area contributed by atoms with Crippen molar-refractivity contribution in [3.63, 3.8) is 0 Å². The van der Waals surface area contributed by atoms with Gasteiger partial charge in [-0.2, -0.15) is 13.2 Å². The van der Waals surface area contributed by atoms with Crippen LogP contribution in [0.15, 0.2) is 23.1 Å². The third-order valence-corrected chi connectivity index (χ3v) is 2.83. The van der Waals surface area contributed by atoms with Crippen molar-refractivity contribution in [2.45, 2.75) is 11.1 Å². The van der Waals surface area contributed by atoms with Crippen LogP contribution in [0.2, 0.25) is 0 Å². The van der Waals surface area contributed by atoms with Gasteiger partial charge in [0.1, 0.15) is 10.7 Å². The van der Waals surface area contributed by atoms with Crippen LogP contribution in [0.5, 0.6) is 5.75 Å². The number of thioether (sulfide) groups is 1. The largest absolute Gasteiger partial charge is 0.483 e. The summed E-state index contributed by atoms with van der Waals surface area (Å²) in [5.74, 6) is 0.0571. The Labute approximate surface area is 106 Å². The summed E-state index contributed by atoms with van der Waals surface area (Å²) in [6, 6.07) is 4.73. The lowest BCUT2D eigenvalue weighted by Gasteiger charge is -2.14. The Morgan fingerprint density at radius 1 is 1.47 bits per heavy atom. The molecule has 2 N–H and O–H groups in total. The van der Waals surface area contributed by atoms with E-state index in [0.29, 0.717) is 10.5 Å². The standard InChI is InChI=1S/C10H10F3NOS2/c1-17-7-4-2-3-6(8(7)9(14)16)15-5-10(11,12)13/h2-4H,5H2,1H3,(H2,14,16). The SMILES string of the molecule is CSc1cccc(OCC(F)(F)F)c1C(N)=S. The van der Waals surface area contributed by atoms with E-state index in [1.165, 1.54) is 17.8 Å². The Morgan fingerprint density at radius 3 is 2.59 bits per heavy atom. The van der Waals surface area contributed by atoms with Crippen molar-refractivity contribution in [2.24, 2.45) is 5.73 Å². The maximum atomic E-state index is 12.1. The molecule has 0 radical (unpaired) electrons. The number of hydrogen-bond donors (Lipinski definition) is 1. The molecule has 1 rings (SSSR count). The van der Waals surface area contributed by atoms with Crippen molar-refractivity contribution >= 4 is 29.0 Å². The molecular formula is C10H10F3NOS2. The Balaban J connectivity index is 3.02. The van der Waals surface area contributed by atoms with Crippen LogP contribution < -0.4 is 10.5 Å². The van der Waals surface area contributed by atoms with E-state index >= 15 is 0 Å². The van der Waals surface area contributed by atoms with E-state index < -0.39 is 12.8 Å². The second kappa shape index (κ2) is 5.59. The topological polar surface area (TPSA) is 35.2 Å². The maximum Gasteiger partial charge on any atom is 0.422 e. The van der Waals surface area contributed by atoms with Gasteiger partial charge in [-0.15, -0.1) is 11.8 Å². The number of alkyl halides is 3. The van der Waals surface area contributed by atoms with Crippen LogP contribution >= 0.6 is 24.0 Å². The molecular weight excluding hydrogens is 271 g/mol. The first-order valence-corrected chi connectivity index (χ1v) is 6.15. The van der Waals surface area contributed by atoms with Gasteiger partial charge in [0, 0.05) is 4.90 Å². The minimum absolute atomic E-state index is 0.0205. The van der Waals surface area contributed by atoms with Crippen LogP contribution in [-0.2, 0) is 0 Å². The summed E-state index contributed by atoms with van der Waals surface area (Å²) in [6.45, 7) is -1.36. The number of thiocarbonyl (C=S) groups is 1. The first-order chi connectivity index (χ1) is 7.85. The second-order valence-corrected chi connectivity index (χ2v) is 4.39. The van der Waals surface area contributed by atoms with Gasteiger partial charge in [0.05, 0.1) is 5.56 Å². The summed E-state index contributed by atoms with van der Waals surface area (Å²) in [7, 11) is 0. The molecule has 17 heavy (non-hydrogen) atoms. The van der Waals surface area contributed by atoms with E-state index in [1.807, 2.05) is 0 Å². The molecule has 1 aromatic rings. The van der Waals surface area contributed by atoms with Crippen molar-refractivity contribution in [1.29, 1.82) is 0 Å². The molecule has 2 nitrogen and oxygen atoms in total. The zero-order chi connectivity index (χ0) is 13.1. The van der Waals surface area contributed by atoms with Gasteiger partial charge in [-0.3, -0.25) is 0 Å². The number of benzene rings is 1. The van der Waals surface area contributed by atoms with Crippen LogP contribution in [0.1, 0.15) is 5.56 Å². The summed E-state index contributed by atoms with van der Waals surface area (Å²) < 4.78 is 40.9. The molecule has 0 aromatic heterocycles. The number of nitrogens with two attached hydrogens (primary N) is 1. The highest BCUT2D eigenvalue weighted by Crippen LogP contribution is 2.29. The minimum Gasteiger partial charge on any atom is -0.483 e. The highest BCUT2D eigenvalue weighted by atomic mass is 32.2. The summed E-state index contributed by atoms with van der Waals surface area (Å²) in [5, 5.41) is 0. The highest BCUT2D eigenvalue weighted by molar-refractivity contribution is 7.98. The van der Waals surface area contributed by atoms with E-state index in [2.05, 4.69) is 0 Å². The minimum atomic E-state index is -4.39. The predicted molar refractivity (Wildman–Crippen MR) is 65.7 cm³/mol. The number of ether oxygens (including phenoxy) is 1. The van der Waals surface area contributed by atoms with Gasteiger partial charge in [-0.1, -0.05) is 18.3 Å². The van der Waals surface area contributed by atoms with Gasteiger partial charge in [0.25, 0.3) is 0 Å². The summed E-state index contributed by atoms with van der Waals surface area (Å²) in [4.78, 5) is 0.712. The van der Waals surface area contributed by atoms with Crippen LogP contribution in [0, 0.1) is 0 Å². The molecule has 0 aliphatic carbocycles. The Hall–Kier alpha value is -0.950. The molecule has 94 valence electrons. The number of halogens is 3. The van der Waals surface area contributed by atoms with Crippen LogP contribution in [0.4, 0.5) is 13.2 Å². The van der Waals surface area contributed by atoms with Crippen molar-refractivity contribution in [3.8, 4) is 5.75 Å². The fourth-order valence-electron chi connectivity index (χ4n) is 1.20. The van der Waals surface area contributed by atoms with Gasteiger partial charge in [-0.05, 0) is 18.4 Å². The Kier molecular flexibility index (Phi) is 4.64. The van der Waals surface area contributed by atoms with Gasteiger partial charge < -0.3 is 10.5 Å². The summed E-state index contributed by atoms with van der Waals surface area (Å²) >= 11 is 6.16. The molecule has 7 heteroatoms. The average molecular weight is 281 g/mol. The fourth-order valence-corrected chi connectivity index (χ4v) is 2.11. The first-order valence-electron chi connectivity index (χ1n) is 4.51. The molecule has 0 atom stereocenters. The summed E-state index contributed by atoms with van der Waals surface area (Å²) in [6.07, 6.45) is -2.60. The van der Waals surface area contributed by atoms with E-state index in [4.69, 9.17) is 22.7 Å². The number of rotatable bonds is 4. The molecule has 0 fully saturated rings. The summed E-state index contributed by atoms with van der Waals surface area (Å²) in [5.41, 5.74) is 5.83. The second-order valence-electron chi connectivity index (χ2n) is 3.10. The molecule has 0 amide bonds. The molecule has 0 saturated heterocycles. The third kappa shape index (κ3) is 4.08.